The number of carboxylic acid groups (broad SMARTS) is 1. The average Bonchev–Trinajstić information content (AvgIpc) is 2.92. The second-order valence-corrected chi connectivity index (χ2v) is 4.61. The Morgan fingerprint density at radius 3 is 2.74 bits per heavy atom. The van der Waals surface area contributed by atoms with Gasteiger partial charge in [0.2, 0.25) is 0 Å². The number of rotatable bonds is 4. The highest BCUT2D eigenvalue weighted by Gasteiger charge is 2.16. The third kappa shape index (κ3) is 2.79. The van der Waals surface area contributed by atoms with E-state index < -0.39 is 5.97 Å². The number of amides is 1. The number of carboxylic acids is 1. The van der Waals surface area contributed by atoms with E-state index in [2.05, 4.69) is 14.9 Å². The summed E-state index contributed by atoms with van der Waals surface area (Å²) < 4.78 is 8.92. The lowest BCUT2D eigenvalue weighted by Crippen LogP contribution is -2.22. The number of nitrogens with zero attached hydrogens (tertiary/aromatic N) is 2. The molecule has 2 aromatic heterocycles. The molecule has 0 aliphatic heterocycles. The first-order valence-corrected chi connectivity index (χ1v) is 6.16. The first-order valence-electron chi connectivity index (χ1n) is 5.38. The Labute approximate surface area is 112 Å². The number of hydrogen-bond acceptors (Lipinski definition) is 6. The van der Waals surface area contributed by atoms with Crippen LogP contribution < -0.4 is 5.32 Å². The summed E-state index contributed by atoms with van der Waals surface area (Å²) >= 11 is 1.01. The molecule has 0 radical (unpaired) electrons. The van der Waals surface area contributed by atoms with Crippen molar-refractivity contribution in [1.82, 2.24) is 14.9 Å². The molecule has 0 atom stereocenters. The molecule has 1 amide bonds. The second kappa shape index (κ2) is 5.19. The zero-order valence-corrected chi connectivity index (χ0v) is 11.1. The van der Waals surface area contributed by atoms with Crippen LogP contribution in [0.1, 0.15) is 37.2 Å². The molecule has 8 heteroatoms. The number of hydrogen-bond donors (Lipinski definition) is 2. The summed E-state index contributed by atoms with van der Waals surface area (Å²) in [6.07, 6.45) is 0. The van der Waals surface area contributed by atoms with Gasteiger partial charge in [0.05, 0.1) is 12.2 Å². The van der Waals surface area contributed by atoms with Gasteiger partial charge in [0.15, 0.2) is 0 Å². The van der Waals surface area contributed by atoms with Gasteiger partial charge >= 0.3 is 5.97 Å². The quantitative estimate of drug-likeness (QED) is 0.877. The van der Waals surface area contributed by atoms with Crippen LogP contribution in [0.3, 0.4) is 0 Å². The van der Waals surface area contributed by atoms with Crippen molar-refractivity contribution in [1.29, 1.82) is 0 Å². The predicted molar refractivity (Wildman–Crippen MR) is 66.2 cm³/mol. The minimum atomic E-state index is -1.05. The van der Waals surface area contributed by atoms with Gasteiger partial charge in [-0.15, -0.1) is 5.10 Å². The van der Waals surface area contributed by atoms with Crippen molar-refractivity contribution in [2.24, 2.45) is 0 Å². The van der Waals surface area contributed by atoms with Gasteiger partial charge < -0.3 is 14.8 Å². The fraction of sp³-hybridized carbons (Fsp3) is 0.273. The van der Waals surface area contributed by atoms with Crippen molar-refractivity contribution in [3.05, 3.63) is 33.7 Å². The summed E-state index contributed by atoms with van der Waals surface area (Å²) in [5.74, 6) is -0.662. The first-order chi connectivity index (χ1) is 8.99. The Hall–Kier alpha value is -2.22. The van der Waals surface area contributed by atoms with Crippen molar-refractivity contribution in [3.8, 4) is 0 Å². The van der Waals surface area contributed by atoms with Crippen molar-refractivity contribution in [3.63, 3.8) is 0 Å². The molecule has 100 valence electrons. The average molecular weight is 281 g/mol. The smallest absolute Gasteiger partial charge is 0.339 e. The third-order valence-electron chi connectivity index (χ3n) is 2.48. The van der Waals surface area contributed by atoms with Gasteiger partial charge in [0.1, 0.15) is 22.0 Å². The number of furan rings is 1. The molecule has 7 nitrogen and oxygen atoms in total. The minimum absolute atomic E-state index is 0.0971. The zero-order chi connectivity index (χ0) is 14.0. The molecule has 0 aliphatic carbocycles. The number of carbonyl (C=O) groups excluding carboxylic acids is 1. The maximum Gasteiger partial charge on any atom is 0.339 e. The van der Waals surface area contributed by atoms with Crippen molar-refractivity contribution >= 4 is 23.4 Å². The van der Waals surface area contributed by atoms with E-state index in [4.69, 9.17) is 9.52 Å². The Balaban J connectivity index is 2.03. The van der Waals surface area contributed by atoms with Crippen LogP contribution in [0.2, 0.25) is 0 Å². The summed E-state index contributed by atoms with van der Waals surface area (Å²) in [7, 11) is 0. The maximum atomic E-state index is 11.8. The summed E-state index contributed by atoms with van der Waals surface area (Å²) in [6.45, 7) is 3.37. The van der Waals surface area contributed by atoms with Gasteiger partial charge in [-0.2, -0.15) is 0 Å². The molecule has 0 aliphatic rings. The highest BCUT2D eigenvalue weighted by molar-refractivity contribution is 7.07. The SMILES string of the molecule is Cc1nnsc1C(=O)NCc1cc(C(=O)O)c(C)o1. The third-order valence-corrected chi connectivity index (χ3v) is 3.31. The Kier molecular flexibility index (Phi) is 3.61. The van der Waals surface area contributed by atoms with Crippen LogP contribution in [0.4, 0.5) is 0 Å². The number of nitrogens with one attached hydrogen (secondary N) is 1. The first kappa shape index (κ1) is 13.2. The van der Waals surface area contributed by atoms with Crippen LogP contribution in [0, 0.1) is 13.8 Å². The largest absolute Gasteiger partial charge is 0.478 e. The van der Waals surface area contributed by atoms with Gasteiger partial charge in [-0.3, -0.25) is 4.79 Å². The van der Waals surface area contributed by atoms with Crippen molar-refractivity contribution in [2.45, 2.75) is 20.4 Å². The molecule has 19 heavy (non-hydrogen) atoms. The lowest BCUT2D eigenvalue weighted by molar-refractivity contribution is 0.0694. The lowest BCUT2D eigenvalue weighted by Gasteiger charge is -2.00. The molecule has 2 aromatic rings. The summed E-state index contributed by atoms with van der Waals surface area (Å²) in [5, 5.41) is 15.2. The van der Waals surface area contributed by atoms with E-state index in [9.17, 15) is 9.59 Å². The summed E-state index contributed by atoms with van der Waals surface area (Å²) in [6, 6.07) is 1.40. The van der Waals surface area contributed by atoms with E-state index in [0.29, 0.717) is 22.1 Å². The molecule has 0 unspecified atom stereocenters. The monoisotopic (exact) mass is 281 g/mol. The molecule has 0 aromatic carbocycles. The van der Waals surface area contributed by atoms with Crippen LogP contribution in [-0.4, -0.2) is 26.6 Å². The topological polar surface area (TPSA) is 105 Å². The van der Waals surface area contributed by atoms with Crippen LogP contribution in [-0.2, 0) is 6.54 Å². The highest BCUT2D eigenvalue weighted by Crippen LogP contribution is 2.15. The Bertz CT molecular complexity index is 632. The van der Waals surface area contributed by atoms with Crippen molar-refractivity contribution < 1.29 is 19.1 Å². The molecular weight excluding hydrogens is 270 g/mol. The molecule has 0 saturated carbocycles. The van der Waals surface area contributed by atoms with Gasteiger partial charge in [0.25, 0.3) is 5.91 Å². The summed E-state index contributed by atoms with van der Waals surface area (Å²) in [4.78, 5) is 23.1. The zero-order valence-electron chi connectivity index (χ0n) is 10.3. The Morgan fingerprint density at radius 2 is 2.21 bits per heavy atom. The van der Waals surface area contributed by atoms with Crippen molar-refractivity contribution in [2.75, 3.05) is 0 Å². The standard InChI is InChI=1S/C11H11N3O4S/c1-5-9(19-14-13-5)10(15)12-4-7-3-8(11(16)17)6(2)18-7/h3H,4H2,1-2H3,(H,12,15)(H,16,17). The molecule has 2 heterocycles. The summed E-state index contributed by atoms with van der Waals surface area (Å²) in [5.41, 5.74) is 0.657. The van der Waals surface area contributed by atoms with Gasteiger partial charge in [0, 0.05) is 0 Å². The van der Waals surface area contributed by atoms with Gasteiger partial charge in [-0.05, 0) is 31.4 Å². The fourth-order valence-corrected chi connectivity index (χ4v) is 2.10. The van der Waals surface area contributed by atoms with E-state index in [-0.39, 0.29) is 18.0 Å². The molecule has 0 spiro atoms. The number of aromatic nitrogens is 2. The number of aromatic carboxylic acids is 1. The van der Waals surface area contributed by atoms with Gasteiger partial charge in [-0.25, -0.2) is 4.79 Å². The van der Waals surface area contributed by atoms with E-state index >= 15 is 0 Å². The van der Waals surface area contributed by atoms with E-state index in [1.54, 1.807) is 13.8 Å². The highest BCUT2D eigenvalue weighted by atomic mass is 32.1. The molecule has 0 bridgehead atoms. The van der Waals surface area contributed by atoms with E-state index in [1.165, 1.54) is 6.07 Å². The molecule has 2 rings (SSSR count). The van der Waals surface area contributed by atoms with Crippen LogP contribution in [0.25, 0.3) is 0 Å². The minimum Gasteiger partial charge on any atom is -0.478 e. The maximum absolute atomic E-state index is 11.8. The molecule has 0 fully saturated rings. The molecule has 0 saturated heterocycles. The Morgan fingerprint density at radius 1 is 1.47 bits per heavy atom. The molecule has 2 N–H and O–H groups in total. The number of carbonyl (C=O) groups is 2. The number of aryl methyl sites for hydroxylation is 2. The van der Waals surface area contributed by atoms with E-state index in [0.717, 1.165) is 11.5 Å². The van der Waals surface area contributed by atoms with Gasteiger partial charge in [-0.1, -0.05) is 4.49 Å². The fourth-order valence-electron chi connectivity index (χ4n) is 1.53. The second-order valence-electron chi connectivity index (χ2n) is 3.86. The van der Waals surface area contributed by atoms with Crippen LogP contribution in [0.5, 0.6) is 0 Å². The molecular formula is C11H11N3O4S. The van der Waals surface area contributed by atoms with E-state index in [1.807, 2.05) is 0 Å². The lowest BCUT2D eigenvalue weighted by atomic mass is 10.2. The predicted octanol–water partition coefficient (Wildman–Crippen LogP) is 1.38. The normalized spacial score (nSPS) is 10.4. The van der Waals surface area contributed by atoms with Crippen LogP contribution >= 0.6 is 11.5 Å². The van der Waals surface area contributed by atoms with Crippen LogP contribution in [0.15, 0.2) is 10.5 Å².